The number of fused-ring (bicyclic) bond motifs is 1. The number of ether oxygens (including phenoxy) is 2. The highest BCUT2D eigenvalue weighted by Crippen LogP contribution is 2.30. The summed E-state index contributed by atoms with van der Waals surface area (Å²) in [5, 5.41) is 19.3. The second-order valence-electron chi connectivity index (χ2n) is 9.38. The van der Waals surface area contributed by atoms with Gasteiger partial charge in [0, 0.05) is 46.4 Å². The lowest BCUT2D eigenvalue weighted by Crippen LogP contribution is -2.45. The normalized spacial score (nSPS) is 20.2. The average Bonchev–Trinajstić information content (AvgIpc) is 3.24. The Bertz CT molecular complexity index is 1520. The minimum Gasteiger partial charge on any atom is -0.473 e. The van der Waals surface area contributed by atoms with Crippen LogP contribution in [-0.2, 0) is 14.5 Å². The van der Waals surface area contributed by atoms with Gasteiger partial charge in [-0.15, -0.1) is 0 Å². The van der Waals surface area contributed by atoms with Gasteiger partial charge in [-0.2, -0.15) is 4.36 Å². The maximum atomic E-state index is 15.0. The average molecular weight is 526 g/mol. The fraction of sp³-hybridized carbons (Fsp3) is 0.296. The number of hydrogen-bond acceptors (Lipinski definition) is 7. The molecule has 1 aliphatic heterocycles. The highest BCUT2D eigenvalue weighted by molar-refractivity contribution is 7.92. The van der Waals surface area contributed by atoms with E-state index in [1.165, 1.54) is 6.07 Å². The molecule has 2 aromatic carbocycles. The Morgan fingerprint density at radius 3 is 2.38 bits per heavy atom. The Morgan fingerprint density at radius 1 is 1.11 bits per heavy atom. The van der Waals surface area contributed by atoms with Crippen molar-refractivity contribution in [3.8, 4) is 28.3 Å². The molecule has 1 saturated heterocycles. The quantitative estimate of drug-likeness (QED) is 0.346. The molecule has 0 aliphatic carbocycles. The number of hydrogen-bond donors (Lipinski definition) is 3. The van der Waals surface area contributed by atoms with Crippen molar-refractivity contribution in [1.29, 1.82) is 0 Å². The molecule has 1 fully saturated rings. The van der Waals surface area contributed by atoms with Crippen LogP contribution in [0.2, 0.25) is 0 Å². The van der Waals surface area contributed by atoms with Gasteiger partial charge in [0.15, 0.2) is 11.7 Å². The fourth-order valence-electron chi connectivity index (χ4n) is 4.33. The van der Waals surface area contributed by atoms with E-state index in [0.717, 1.165) is 11.1 Å². The molecule has 0 saturated carbocycles. The summed E-state index contributed by atoms with van der Waals surface area (Å²) in [5.41, 5.74) is 4.46. The van der Waals surface area contributed by atoms with Crippen LogP contribution in [0.15, 0.2) is 65.0 Å². The van der Waals surface area contributed by atoms with Crippen molar-refractivity contribution in [3.63, 3.8) is 0 Å². The number of halogens is 1. The molecule has 0 bridgehead atoms. The molecule has 0 amide bonds. The van der Waals surface area contributed by atoms with Gasteiger partial charge in [0.1, 0.15) is 17.9 Å². The minimum absolute atomic E-state index is 0.224. The monoisotopic (exact) mass is 525 g/mol. The number of aromatic amines is 1. The molecule has 1 aliphatic rings. The van der Waals surface area contributed by atoms with Crippen molar-refractivity contribution in [3.05, 3.63) is 66.5 Å². The van der Waals surface area contributed by atoms with Gasteiger partial charge in [0.25, 0.3) is 0 Å². The molecule has 5 rings (SSSR count). The first kappa shape index (κ1) is 25.3. The van der Waals surface area contributed by atoms with Crippen LogP contribution in [0, 0.1) is 5.82 Å². The lowest BCUT2D eigenvalue weighted by atomic mass is 10.0. The van der Waals surface area contributed by atoms with E-state index in [1.807, 2.05) is 48.5 Å². The summed E-state index contributed by atoms with van der Waals surface area (Å²) in [6.07, 6.45) is 1.66. The molecule has 2 aromatic heterocycles. The van der Waals surface area contributed by atoms with Gasteiger partial charge in [0.2, 0.25) is 0 Å². The van der Waals surface area contributed by atoms with Gasteiger partial charge < -0.3 is 24.7 Å². The van der Waals surface area contributed by atoms with Gasteiger partial charge in [-0.05, 0) is 23.3 Å². The van der Waals surface area contributed by atoms with Crippen LogP contribution in [0.25, 0.3) is 33.4 Å². The van der Waals surface area contributed by atoms with Crippen LogP contribution in [0.5, 0.6) is 5.88 Å². The molecule has 3 atom stereocenters. The van der Waals surface area contributed by atoms with E-state index in [9.17, 15) is 18.8 Å². The summed E-state index contributed by atoms with van der Waals surface area (Å²) in [4.78, 5) is 7.52. The number of pyridine rings is 1. The first-order valence-corrected chi connectivity index (χ1v) is 14.2. The Hall–Kier alpha value is -3.31. The maximum absolute atomic E-state index is 15.0. The van der Waals surface area contributed by atoms with Gasteiger partial charge in [-0.25, -0.2) is 13.6 Å². The Morgan fingerprint density at radius 2 is 1.76 bits per heavy atom. The zero-order chi connectivity index (χ0) is 26.2. The van der Waals surface area contributed by atoms with Crippen LogP contribution in [0.1, 0.15) is 6.42 Å². The zero-order valence-corrected chi connectivity index (χ0v) is 21.2. The smallest absolute Gasteiger partial charge is 0.193 e. The van der Waals surface area contributed by atoms with E-state index in [2.05, 4.69) is 14.3 Å². The van der Waals surface area contributed by atoms with Gasteiger partial charge >= 0.3 is 0 Å². The van der Waals surface area contributed by atoms with E-state index in [4.69, 9.17) is 9.47 Å². The number of H-pyrrole nitrogens is 1. The van der Waals surface area contributed by atoms with Crippen molar-refractivity contribution in [2.45, 2.75) is 24.7 Å². The zero-order valence-electron chi connectivity index (χ0n) is 20.4. The third kappa shape index (κ3) is 5.83. The standard InChI is InChI=1S/C27H28FN3O5S/c1-37(2,34)31-19-9-7-17(8-10-19)16-3-5-18(6-4-16)27-21(28)12-22-23(30-27)13-26(29-22)36-20-11-24(33)25(14-32)35-15-20/h3-10,12-13,20,24-25,29,32-33H,11,14-15H2,1-2H3/t20-,24+,25-/m1/s1. The number of benzene rings is 2. The van der Waals surface area contributed by atoms with Crippen LogP contribution in [0.3, 0.4) is 0 Å². The second-order valence-corrected chi connectivity index (χ2v) is 11.9. The van der Waals surface area contributed by atoms with Gasteiger partial charge in [-0.1, -0.05) is 36.4 Å². The van der Waals surface area contributed by atoms with E-state index in [-0.39, 0.29) is 18.9 Å². The Labute approximate surface area is 214 Å². The van der Waals surface area contributed by atoms with Crippen LogP contribution in [0.4, 0.5) is 10.1 Å². The summed E-state index contributed by atoms with van der Waals surface area (Å²) in [7, 11) is -2.22. The lowest BCUT2D eigenvalue weighted by Gasteiger charge is -2.32. The SMILES string of the molecule is CS(C)(=O)=Nc1ccc(-c2ccc(-c3nc4cc(O[C@H]5CO[C@H](CO)[C@@H](O)C5)[nH]c4cc3F)cc2)cc1. The van der Waals surface area contributed by atoms with E-state index >= 15 is 0 Å². The Balaban J connectivity index is 1.34. The molecule has 4 aromatic rings. The number of aliphatic hydroxyl groups is 2. The summed E-state index contributed by atoms with van der Waals surface area (Å²) >= 11 is 0. The number of nitrogens with one attached hydrogen (secondary N) is 1. The number of rotatable bonds is 6. The molecule has 3 N–H and O–H groups in total. The molecule has 3 heterocycles. The molecule has 8 nitrogen and oxygen atoms in total. The Kier molecular flexibility index (Phi) is 7.00. The molecular weight excluding hydrogens is 497 g/mol. The van der Waals surface area contributed by atoms with Crippen LogP contribution >= 0.6 is 0 Å². The third-order valence-corrected chi connectivity index (χ3v) is 6.77. The summed E-state index contributed by atoms with van der Waals surface area (Å²) < 4.78 is 42.4. The van der Waals surface area contributed by atoms with E-state index < -0.39 is 33.9 Å². The summed E-state index contributed by atoms with van der Waals surface area (Å²) in [6.45, 7) is -0.0241. The first-order valence-electron chi connectivity index (χ1n) is 11.8. The molecule has 0 spiro atoms. The largest absolute Gasteiger partial charge is 0.473 e. The molecule has 37 heavy (non-hydrogen) atoms. The minimum atomic E-state index is -2.22. The maximum Gasteiger partial charge on any atom is 0.193 e. The third-order valence-electron chi connectivity index (χ3n) is 6.12. The predicted octanol–water partition coefficient (Wildman–Crippen LogP) is 4.28. The summed E-state index contributed by atoms with van der Waals surface area (Å²) in [5.74, 6) is -0.0700. The van der Waals surface area contributed by atoms with Crippen molar-refractivity contribution >= 4 is 26.4 Å². The predicted molar refractivity (Wildman–Crippen MR) is 141 cm³/mol. The highest BCUT2D eigenvalue weighted by atomic mass is 32.2. The number of aliphatic hydroxyl groups excluding tert-OH is 2. The first-order chi connectivity index (χ1) is 17.7. The molecule has 0 radical (unpaired) electrons. The molecule has 0 unspecified atom stereocenters. The number of aromatic nitrogens is 2. The molecule has 194 valence electrons. The van der Waals surface area contributed by atoms with Crippen molar-refractivity contribution < 1.29 is 28.3 Å². The second kappa shape index (κ2) is 10.2. The van der Waals surface area contributed by atoms with Crippen molar-refractivity contribution in [2.75, 3.05) is 25.7 Å². The van der Waals surface area contributed by atoms with Crippen molar-refractivity contribution in [1.82, 2.24) is 9.97 Å². The number of nitrogens with zero attached hydrogens (tertiary/aromatic N) is 2. The van der Waals surface area contributed by atoms with Crippen LogP contribution in [-0.4, -0.2) is 68.4 Å². The van der Waals surface area contributed by atoms with Crippen molar-refractivity contribution in [2.24, 2.45) is 4.36 Å². The molecular formula is C27H28FN3O5S. The molecule has 10 heteroatoms. The van der Waals surface area contributed by atoms with E-state index in [0.29, 0.717) is 34.6 Å². The van der Waals surface area contributed by atoms with Gasteiger partial charge in [-0.3, -0.25) is 0 Å². The van der Waals surface area contributed by atoms with E-state index in [1.54, 1.807) is 18.6 Å². The lowest BCUT2D eigenvalue weighted by molar-refractivity contribution is -0.131. The van der Waals surface area contributed by atoms with Crippen LogP contribution < -0.4 is 4.74 Å². The summed E-state index contributed by atoms with van der Waals surface area (Å²) in [6, 6.07) is 18.0. The van der Waals surface area contributed by atoms with Gasteiger partial charge in [0.05, 0.1) is 36.0 Å². The topological polar surface area (TPSA) is 117 Å². The highest BCUT2D eigenvalue weighted by Gasteiger charge is 2.31. The fourth-order valence-corrected chi connectivity index (χ4v) is 4.96.